The molecule has 6 nitrogen and oxygen atoms in total. The first kappa shape index (κ1) is 13.2. The van der Waals surface area contributed by atoms with Crippen LogP contribution in [0.1, 0.15) is 31.3 Å². The van der Waals surface area contributed by atoms with Gasteiger partial charge in [-0.3, -0.25) is 9.59 Å². The molecule has 94 valence electrons. The average Bonchev–Trinajstić information content (AvgIpc) is 2.78. The molecule has 0 saturated heterocycles. The maximum Gasteiger partial charge on any atom is 0.325 e. The van der Waals surface area contributed by atoms with Crippen LogP contribution in [0.5, 0.6) is 0 Å². The number of carbonyl (C=O) groups is 2. The molecule has 0 fully saturated rings. The van der Waals surface area contributed by atoms with Crippen LogP contribution >= 0.6 is 0 Å². The highest BCUT2D eigenvalue weighted by atomic mass is 16.5. The van der Waals surface area contributed by atoms with Gasteiger partial charge in [0.1, 0.15) is 12.2 Å². The first-order valence-corrected chi connectivity index (χ1v) is 5.51. The second-order valence-corrected chi connectivity index (χ2v) is 3.80. The van der Waals surface area contributed by atoms with E-state index in [0.29, 0.717) is 12.3 Å². The minimum Gasteiger partial charge on any atom is -0.465 e. The van der Waals surface area contributed by atoms with Gasteiger partial charge in [-0.05, 0) is 20.8 Å². The molecule has 1 N–H and O–H groups in total. The van der Waals surface area contributed by atoms with Gasteiger partial charge in [-0.1, -0.05) is 0 Å². The van der Waals surface area contributed by atoms with Gasteiger partial charge in [0.25, 0.3) is 5.91 Å². The van der Waals surface area contributed by atoms with Gasteiger partial charge in [0.05, 0.1) is 19.1 Å². The summed E-state index contributed by atoms with van der Waals surface area (Å²) in [5.74, 6) is -0.667. The van der Waals surface area contributed by atoms with Crippen LogP contribution in [-0.2, 0) is 9.53 Å². The zero-order chi connectivity index (χ0) is 12.8. The van der Waals surface area contributed by atoms with E-state index in [1.807, 2.05) is 13.8 Å². The Kier molecular flexibility index (Phi) is 4.68. The van der Waals surface area contributed by atoms with E-state index >= 15 is 0 Å². The summed E-state index contributed by atoms with van der Waals surface area (Å²) in [6.45, 7) is 5.67. The van der Waals surface area contributed by atoms with Crippen molar-refractivity contribution in [1.29, 1.82) is 0 Å². The summed E-state index contributed by atoms with van der Waals surface area (Å²) in [4.78, 5) is 31.4. The fourth-order valence-corrected chi connectivity index (χ4v) is 1.36. The quantitative estimate of drug-likeness (QED) is 0.772. The summed E-state index contributed by atoms with van der Waals surface area (Å²) < 4.78 is 4.83. The van der Waals surface area contributed by atoms with Crippen molar-refractivity contribution in [1.82, 2.24) is 14.9 Å². The largest absolute Gasteiger partial charge is 0.465 e. The predicted molar refractivity (Wildman–Crippen MR) is 61.4 cm³/mol. The number of carbonyl (C=O) groups excluding carboxylic acids is 2. The van der Waals surface area contributed by atoms with Crippen molar-refractivity contribution in [3.05, 3.63) is 18.2 Å². The van der Waals surface area contributed by atoms with E-state index in [4.69, 9.17) is 4.74 Å². The number of esters is 1. The lowest BCUT2D eigenvalue weighted by Crippen LogP contribution is -2.41. The van der Waals surface area contributed by atoms with Crippen molar-refractivity contribution < 1.29 is 14.3 Å². The van der Waals surface area contributed by atoms with Gasteiger partial charge in [-0.15, -0.1) is 0 Å². The molecule has 0 aromatic carbocycles. The lowest BCUT2D eigenvalue weighted by molar-refractivity contribution is -0.144. The first-order valence-electron chi connectivity index (χ1n) is 5.51. The predicted octanol–water partition coefficient (Wildman–Crippen LogP) is 0.823. The van der Waals surface area contributed by atoms with E-state index in [9.17, 15) is 9.59 Å². The molecule has 0 spiro atoms. The second kappa shape index (κ2) is 6.03. The molecule has 6 heteroatoms. The number of amides is 1. The number of hydrogen-bond acceptors (Lipinski definition) is 4. The number of aromatic amines is 1. The van der Waals surface area contributed by atoms with E-state index in [0.717, 1.165) is 0 Å². The molecule has 0 radical (unpaired) electrons. The Balaban J connectivity index is 2.73. The molecular formula is C11H17N3O3. The molecule has 0 aliphatic rings. The molecule has 0 aliphatic carbocycles. The van der Waals surface area contributed by atoms with Gasteiger partial charge in [-0.2, -0.15) is 0 Å². The highest BCUT2D eigenvalue weighted by molar-refractivity contribution is 5.94. The Morgan fingerprint density at radius 1 is 1.53 bits per heavy atom. The fourth-order valence-electron chi connectivity index (χ4n) is 1.36. The van der Waals surface area contributed by atoms with Crippen LogP contribution in [0.3, 0.4) is 0 Å². The minimum atomic E-state index is -0.408. The molecule has 1 aromatic heterocycles. The number of hydrogen-bond donors (Lipinski definition) is 1. The summed E-state index contributed by atoms with van der Waals surface area (Å²) in [5, 5.41) is 0. The highest BCUT2D eigenvalue weighted by Crippen LogP contribution is 2.05. The van der Waals surface area contributed by atoms with Crippen molar-refractivity contribution in [2.24, 2.45) is 0 Å². The molecule has 1 rings (SSSR count). The SMILES string of the molecule is CCOC(=O)CN(C(=O)c1cnc[nH]1)C(C)C. The van der Waals surface area contributed by atoms with Gasteiger partial charge >= 0.3 is 5.97 Å². The molecule has 0 saturated carbocycles. The van der Waals surface area contributed by atoms with Gasteiger partial charge in [-0.25, -0.2) is 4.98 Å². The molecule has 1 aromatic rings. The Labute approximate surface area is 100.0 Å². The Morgan fingerprint density at radius 2 is 2.24 bits per heavy atom. The third kappa shape index (κ3) is 3.58. The van der Waals surface area contributed by atoms with Crippen LogP contribution in [0.2, 0.25) is 0 Å². The smallest absolute Gasteiger partial charge is 0.325 e. The van der Waals surface area contributed by atoms with Crippen LogP contribution in [0.15, 0.2) is 12.5 Å². The number of nitrogens with one attached hydrogen (secondary N) is 1. The van der Waals surface area contributed by atoms with Crippen molar-refractivity contribution in [3.8, 4) is 0 Å². The van der Waals surface area contributed by atoms with Crippen molar-refractivity contribution >= 4 is 11.9 Å². The molecule has 0 unspecified atom stereocenters. The molecule has 17 heavy (non-hydrogen) atoms. The number of ether oxygens (including phenoxy) is 1. The van der Waals surface area contributed by atoms with Crippen molar-refractivity contribution in [2.45, 2.75) is 26.8 Å². The number of nitrogens with zero attached hydrogens (tertiary/aromatic N) is 2. The Morgan fingerprint density at radius 3 is 2.71 bits per heavy atom. The topological polar surface area (TPSA) is 75.3 Å². The van der Waals surface area contributed by atoms with Crippen LogP contribution in [0.25, 0.3) is 0 Å². The van der Waals surface area contributed by atoms with Crippen LogP contribution < -0.4 is 0 Å². The van der Waals surface area contributed by atoms with Gasteiger partial charge < -0.3 is 14.6 Å². The third-order valence-electron chi connectivity index (χ3n) is 2.22. The average molecular weight is 239 g/mol. The molecule has 1 heterocycles. The lowest BCUT2D eigenvalue weighted by atomic mass is 10.3. The van der Waals surface area contributed by atoms with E-state index in [2.05, 4.69) is 9.97 Å². The number of imidazole rings is 1. The van der Waals surface area contributed by atoms with Crippen LogP contribution in [-0.4, -0.2) is 45.9 Å². The van der Waals surface area contributed by atoms with Gasteiger partial charge in [0, 0.05) is 6.04 Å². The molecule has 0 aliphatic heterocycles. The fraction of sp³-hybridized carbons (Fsp3) is 0.545. The number of H-pyrrole nitrogens is 1. The monoisotopic (exact) mass is 239 g/mol. The second-order valence-electron chi connectivity index (χ2n) is 3.80. The minimum absolute atomic E-state index is 0.0522. The van der Waals surface area contributed by atoms with E-state index in [1.165, 1.54) is 17.4 Å². The summed E-state index contributed by atoms with van der Waals surface area (Å²) in [6.07, 6.45) is 2.86. The van der Waals surface area contributed by atoms with Crippen molar-refractivity contribution in [2.75, 3.05) is 13.2 Å². The van der Waals surface area contributed by atoms with Crippen molar-refractivity contribution in [3.63, 3.8) is 0 Å². The zero-order valence-electron chi connectivity index (χ0n) is 10.3. The summed E-state index contributed by atoms with van der Waals surface area (Å²) in [7, 11) is 0. The van der Waals surface area contributed by atoms with E-state index < -0.39 is 5.97 Å². The normalized spacial score (nSPS) is 10.4. The highest BCUT2D eigenvalue weighted by Gasteiger charge is 2.22. The maximum atomic E-state index is 12.0. The molecular weight excluding hydrogens is 222 g/mol. The van der Waals surface area contributed by atoms with Gasteiger partial charge in [0.2, 0.25) is 0 Å². The summed E-state index contributed by atoms with van der Waals surface area (Å²) in [5.41, 5.74) is 0.364. The molecule has 1 amide bonds. The van der Waals surface area contributed by atoms with E-state index in [-0.39, 0.29) is 18.5 Å². The number of aromatic nitrogens is 2. The Hall–Kier alpha value is -1.85. The molecule has 0 atom stereocenters. The number of rotatable bonds is 5. The van der Waals surface area contributed by atoms with Crippen LogP contribution in [0, 0.1) is 0 Å². The first-order chi connectivity index (χ1) is 8.06. The molecule has 0 bridgehead atoms. The standard InChI is InChI=1S/C11H17N3O3/c1-4-17-10(15)6-14(8(2)3)11(16)9-5-12-7-13-9/h5,7-8H,4,6H2,1-3H3,(H,12,13). The van der Waals surface area contributed by atoms with Gasteiger partial charge in [0.15, 0.2) is 0 Å². The van der Waals surface area contributed by atoms with E-state index in [1.54, 1.807) is 6.92 Å². The van der Waals surface area contributed by atoms with Crippen LogP contribution in [0.4, 0.5) is 0 Å². The maximum absolute atomic E-state index is 12.0. The summed E-state index contributed by atoms with van der Waals surface area (Å²) in [6, 6.07) is -0.0878. The summed E-state index contributed by atoms with van der Waals surface area (Å²) >= 11 is 0. The zero-order valence-corrected chi connectivity index (χ0v) is 10.3. The third-order valence-corrected chi connectivity index (χ3v) is 2.22. The lowest BCUT2D eigenvalue weighted by Gasteiger charge is -2.24. The Bertz CT molecular complexity index is 373.